The van der Waals surface area contributed by atoms with Crippen molar-refractivity contribution < 1.29 is 5.11 Å². The van der Waals surface area contributed by atoms with Crippen LogP contribution in [0.5, 0.6) is 0 Å². The maximum Gasteiger partial charge on any atom is 0.0555 e. The fraction of sp³-hybridized carbons (Fsp3) is 0.600. The maximum absolute atomic E-state index is 9.34. The Morgan fingerprint density at radius 2 is 2.43 bits per heavy atom. The van der Waals surface area contributed by atoms with Gasteiger partial charge in [-0.05, 0) is 25.3 Å². The van der Waals surface area contributed by atoms with Crippen molar-refractivity contribution >= 4 is 22.9 Å². The number of rotatable bonds is 3. The summed E-state index contributed by atoms with van der Waals surface area (Å²) in [6, 6.07) is 2.47. The third-order valence-corrected chi connectivity index (χ3v) is 3.88. The summed E-state index contributed by atoms with van der Waals surface area (Å²) < 4.78 is 0. The summed E-state index contributed by atoms with van der Waals surface area (Å²) in [5.41, 5.74) is 0. The molecule has 0 aromatic carbocycles. The lowest BCUT2D eigenvalue weighted by Crippen LogP contribution is -2.25. The Bertz CT molecular complexity index is 302. The summed E-state index contributed by atoms with van der Waals surface area (Å²) in [6.45, 7) is 0.870. The molecular weight excluding hydrogens is 218 g/mol. The van der Waals surface area contributed by atoms with Crippen LogP contribution in [0.15, 0.2) is 11.4 Å². The lowest BCUT2D eigenvalue weighted by atomic mass is 10.2. The van der Waals surface area contributed by atoms with Gasteiger partial charge in [0.15, 0.2) is 0 Å². The lowest BCUT2D eigenvalue weighted by molar-refractivity contribution is 0.179. The van der Waals surface area contributed by atoms with Crippen molar-refractivity contribution in [3.05, 3.63) is 21.3 Å². The zero-order valence-electron chi connectivity index (χ0n) is 7.87. The molecule has 1 aliphatic rings. The molecule has 0 amide bonds. The van der Waals surface area contributed by atoms with Crippen molar-refractivity contribution in [2.45, 2.75) is 38.0 Å². The van der Waals surface area contributed by atoms with Crippen LogP contribution in [0.2, 0.25) is 5.02 Å². The van der Waals surface area contributed by atoms with Crippen LogP contribution in [0.1, 0.15) is 24.1 Å². The van der Waals surface area contributed by atoms with Gasteiger partial charge < -0.3 is 10.4 Å². The van der Waals surface area contributed by atoms with E-state index in [9.17, 15) is 5.11 Å². The minimum Gasteiger partial charge on any atom is -0.393 e. The minimum absolute atomic E-state index is 0.0978. The molecule has 78 valence electrons. The Balaban J connectivity index is 1.77. The van der Waals surface area contributed by atoms with E-state index in [2.05, 4.69) is 5.32 Å². The maximum atomic E-state index is 9.34. The molecular formula is C10H14ClNOS. The van der Waals surface area contributed by atoms with Crippen LogP contribution in [0, 0.1) is 0 Å². The third kappa shape index (κ3) is 2.70. The van der Waals surface area contributed by atoms with E-state index in [1.54, 1.807) is 11.3 Å². The Hall–Kier alpha value is -0.0900. The fourth-order valence-corrected chi connectivity index (χ4v) is 2.86. The number of hydrogen-bond donors (Lipinski definition) is 2. The molecule has 0 radical (unpaired) electrons. The molecule has 0 unspecified atom stereocenters. The minimum atomic E-state index is -0.0978. The first kappa shape index (κ1) is 10.4. The summed E-state index contributed by atoms with van der Waals surface area (Å²) in [5.74, 6) is 0. The third-order valence-electron chi connectivity index (χ3n) is 2.59. The highest BCUT2D eigenvalue weighted by atomic mass is 35.5. The number of hydrogen-bond acceptors (Lipinski definition) is 3. The fourth-order valence-electron chi connectivity index (χ4n) is 1.83. The summed E-state index contributed by atoms with van der Waals surface area (Å²) >= 11 is 7.50. The Kier molecular flexibility index (Phi) is 3.44. The van der Waals surface area contributed by atoms with E-state index in [1.165, 1.54) is 4.88 Å². The average molecular weight is 232 g/mol. The lowest BCUT2D eigenvalue weighted by Gasteiger charge is -2.10. The highest BCUT2D eigenvalue weighted by molar-refractivity contribution is 7.10. The predicted octanol–water partition coefficient (Wildman–Crippen LogP) is 2.40. The summed E-state index contributed by atoms with van der Waals surface area (Å²) in [6.07, 6.45) is 2.81. The SMILES string of the molecule is O[C@@H]1CC[C@H](NCc2cc(Cl)cs2)C1. The highest BCUT2D eigenvalue weighted by Crippen LogP contribution is 2.22. The van der Waals surface area contributed by atoms with Crippen molar-refractivity contribution in [3.63, 3.8) is 0 Å². The van der Waals surface area contributed by atoms with Crippen molar-refractivity contribution in [1.82, 2.24) is 5.32 Å². The molecule has 1 aliphatic carbocycles. The van der Waals surface area contributed by atoms with Crippen LogP contribution < -0.4 is 5.32 Å². The van der Waals surface area contributed by atoms with Crippen LogP contribution in [-0.2, 0) is 6.54 Å². The van der Waals surface area contributed by atoms with E-state index >= 15 is 0 Å². The van der Waals surface area contributed by atoms with E-state index in [-0.39, 0.29) is 6.10 Å². The molecule has 1 fully saturated rings. The number of aliphatic hydroxyl groups excluding tert-OH is 1. The number of nitrogens with one attached hydrogen (secondary N) is 1. The smallest absolute Gasteiger partial charge is 0.0555 e. The van der Waals surface area contributed by atoms with Crippen molar-refractivity contribution in [2.75, 3.05) is 0 Å². The summed E-state index contributed by atoms with van der Waals surface area (Å²) in [4.78, 5) is 1.26. The first-order valence-corrected chi connectivity index (χ1v) is 6.14. The van der Waals surface area contributed by atoms with Crippen LogP contribution in [-0.4, -0.2) is 17.3 Å². The molecule has 14 heavy (non-hydrogen) atoms. The van der Waals surface area contributed by atoms with Gasteiger partial charge in [0.05, 0.1) is 11.1 Å². The molecule has 2 rings (SSSR count). The summed E-state index contributed by atoms with van der Waals surface area (Å²) in [7, 11) is 0. The van der Waals surface area contributed by atoms with E-state index < -0.39 is 0 Å². The molecule has 1 aromatic rings. The molecule has 2 atom stereocenters. The van der Waals surface area contributed by atoms with Gasteiger partial charge in [0, 0.05) is 22.8 Å². The Labute approximate surface area is 92.9 Å². The molecule has 2 N–H and O–H groups in total. The second-order valence-electron chi connectivity index (χ2n) is 3.78. The molecule has 0 spiro atoms. The molecule has 1 saturated carbocycles. The van der Waals surface area contributed by atoms with Gasteiger partial charge in [-0.2, -0.15) is 0 Å². The van der Waals surface area contributed by atoms with Crippen LogP contribution in [0.4, 0.5) is 0 Å². The molecule has 2 nitrogen and oxygen atoms in total. The van der Waals surface area contributed by atoms with Crippen molar-refractivity contribution in [1.29, 1.82) is 0 Å². The van der Waals surface area contributed by atoms with E-state index in [0.717, 1.165) is 30.8 Å². The normalized spacial score (nSPS) is 27.0. The van der Waals surface area contributed by atoms with Crippen molar-refractivity contribution in [3.8, 4) is 0 Å². The average Bonchev–Trinajstić information content (AvgIpc) is 2.72. The van der Waals surface area contributed by atoms with Gasteiger partial charge in [-0.1, -0.05) is 11.6 Å². The molecule has 0 aliphatic heterocycles. The quantitative estimate of drug-likeness (QED) is 0.838. The molecule has 0 saturated heterocycles. The largest absolute Gasteiger partial charge is 0.393 e. The van der Waals surface area contributed by atoms with Crippen molar-refractivity contribution in [2.24, 2.45) is 0 Å². The molecule has 1 heterocycles. The summed E-state index contributed by atoms with van der Waals surface area (Å²) in [5, 5.41) is 15.5. The second kappa shape index (κ2) is 4.62. The monoisotopic (exact) mass is 231 g/mol. The predicted molar refractivity (Wildman–Crippen MR) is 59.8 cm³/mol. The number of thiophene rings is 1. The van der Waals surface area contributed by atoms with Crippen LogP contribution in [0.25, 0.3) is 0 Å². The van der Waals surface area contributed by atoms with Gasteiger partial charge in [0.1, 0.15) is 0 Å². The number of halogens is 1. The van der Waals surface area contributed by atoms with Gasteiger partial charge in [0.25, 0.3) is 0 Å². The van der Waals surface area contributed by atoms with Gasteiger partial charge in [-0.15, -0.1) is 11.3 Å². The molecule has 0 bridgehead atoms. The van der Waals surface area contributed by atoms with Gasteiger partial charge >= 0.3 is 0 Å². The molecule has 1 aromatic heterocycles. The number of aliphatic hydroxyl groups is 1. The van der Waals surface area contributed by atoms with E-state index in [4.69, 9.17) is 11.6 Å². The first-order chi connectivity index (χ1) is 6.74. The zero-order chi connectivity index (χ0) is 9.97. The highest BCUT2D eigenvalue weighted by Gasteiger charge is 2.21. The van der Waals surface area contributed by atoms with Crippen LogP contribution >= 0.6 is 22.9 Å². The topological polar surface area (TPSA) is 32.3 Å². The van der Waals surface area contributed by atoms with E-state index in [1.807, 2.05) is 11.4 Å². The first-order valence-electron chi connectivity index (χ1n) is 4.88. The van der Waals surface area contributed by atoms with Gasteiger partial charge in [-0.3, -0.25) is 0 Å². The Morgan fingerprint density at radius 1 is 1.57 bits per heavy atom. The van der Waals surface area contributed by atoms with Gasteiger partial charge in [-0.25, -0.2) is 0 Å². The van der Waals surface area contributed by atoms with Crippen LogP contribution in [0.3, 0.4) is 0 Å². The van der Waals surface area contributed by atoms with Gasteiger partial charge in [0.2, 0.25) is 0 Å². The second-order valence-corrected chi connectivity index (χ2v) is 5.21. The van der Waals surface area contributed by atoms with E-state index in [0.29, 0.717) is 6.04 Å². The standard InChI is InChI=1S/C10H14ClNOS/c11-7-3-10(14-6-7)5-12-8-1-2-9(13)4-8/h3,6,8-9,12-13H,1-2,4-5H2/t8-,9+/m0/s1. The molecule has 4 heteroatoms. The Morgan fingerprint density at radius 3 is 3.00 bits per heavy atom. The zero-order valence-corrected chi connectivity index (χ0v) is 9.44.